The molecule has 0 saturated carbocycles. The second kappa shape index (κ2) is 6.46. The van der Waals surface area contributed by atoms with Crippen LogP contribution >= 0.6 is 0 Å². The standard InChI is InChI=1S/C12H26N2O/c1-12(11-13)5-8-14(9-6-12)7-3-4-10-15-2/h3-11,13H2,1-2H3. The number of methoxy groups -OCH3 is 1. The van der Waals surface area contributed by atoms with Gasteiger partial charge in [0.25, 0.3) is 0 Å². The molecule has 0 aromatic carbocycles. The largest absolute Gasteiger partial charge is 0.385 e. The fourth-order valence-corrected chi connectivity index (χ4v) is 2.10. The number of hydrogen-bond acceptors (Lipinski definition) is 3. The summed E-state index contributed by atoms with van der Waals surface area (Å²) in [6.45, 7) is 7.72. The average Bonchev–Trinajstić information content (AvgIpc) is 2.27. The molecule has 90 valence electrons. The van der Waals surface area contributed by atoms with E-state index in [1.54, 1.807) is 7.11 Å². The summed E-state index contributed by atoms with van der Waals surface area (Å²) < 4.78 is 5.05. The smallest absolute Gasteiger partial charge is 0.0462 e. The maximum absolute atomic E-state index is 5.79. The SMILES string of the molecule is COCCCCN1CCC(C)(CN)CC1. The van der Waals surface area contributed by atoms with Crippen LogP contribution in [0.2, 0.25) is 0 Å². The Morgan fingerprint density at radius 1 is 1.27 bits per heavy atom. The first-order chi connectivity index (χ1) is 7.20. The van der Waals surface area contributed by atoms with Crippen LogP contribution < -0.4 is 5.73 Å². The summed E-state index contributed by atoms with van der Waals surface area (Å²) in [4.78, 5) is 2.56. The Labute approximate surface area is 94.0 Å². The second-order valence-electron chi connectivity index (χ2n) is 5.06. The Bertz CT molecular complexity index is 165. The zero-order valence-corrected chi connectivity index (χ0v) is 10.3. The van der Waals surface area contributed by atoms with Gasteiger partial charge in [-0.1, -0.05) is 6.92 Å². The summed E-state index contributed by atoms with van der Waals surface area (Å²) in [6, 6.07) is 0. The molecule has 3 heteroatoms. The zero-order valence-electron chi connectivity index (χ0n) is 10.3. The lowest BCUT2D eigenvalue weighted by atomic mass is 9.80. The number of piperidine rings is 1. The minimum absolute atomic E-state index is 0.406. The summed E-state index contributed by atoms with van der Waals surface area (Å²) >= 11 is 0. The van der Waals surface area contributed by atoms with Crippen molar-refractivity contribution in [3.8, 4) is 0 Å². The molecule has 1 aliphatic rings. The van der Waals surface area contributed by atoms with Gasteiger partial charge in [-0.05, 0) is 57.3 Å². The molecule has 0 spiro atoms. The van der Waals surface area contributed by atoms with Gasteiger partial charge in [0.15, 0.2) is 0 Å². The Morgan fingerprint density at radius 3 is 2.47 bits per heavy atom. The van der Waals surface area contributed by atoms with Crippen LogP contribution in [0.3, 0.4) is 0 Å². The molecule has 0 amide bonds. The molecule has 0 aromatic heterocycles. The third-order valence-electron chi connectivity index (χ3n) is 3.63. The Balaban J connectivity index is 2.09. The van der Waals surface area contributed by atoms with Crippen molar-refractivity contribution in [3.05, 3.63) is 0 Å². The van der Waals surface area contributed by atoms with Crippen molar-refractivity contribution in [2.45, 2.75) is 32.6 Å². The van der Waals surface area contributed by atoms with E-state index in [-0.39, 0.29) is 0 Å². The maximum Gasteiger partial charge on any atom is 0.0462 e. The van der Waals surface area contributed by atoms with Crippen LogP contribution in [0.1, 0.15) is 32.6 Å². The van der Waals surface area contributed by atoms with E-state index in [9.17, 15) is 0 Å². The molecule has 0 bridgehead atoms. The maximum atomic E-state index is 5.79. The van der Waals surface area contributed by atoms with E-state index in [0.717, 1.165) is 13.2 Å². The number of unbranched alkanes of at least 4 members (excludes halogenated alkanes) is 1. The van der Waals surface area contributed by atoms with Crippen LogP contribution in [0.25, 0.3) is 0 Å². The lowest BCUT2D eigenvalue weighted by molar-refractivity contribution is 0.118. The molecule has 1 saturated heterocycles. The molecule has 1 rings (SSSR count). The molecular weight excluding hydrogens is 188 g/mol. The topological polar surface area (TPSA) is 38.5 Å². The van der Waals surface area contributed by atoms with Gasteiger partial charge in [0.2, 0.25) is 0 Å². The fourth-order valence-electron chi connectivity index (χ4n) is 2.10. The molecule has 2 N–H and O–H groups in total. The number of likely N-dealkylation sites (tertiary alicyclic amines) is 1. The summed E-state index contributed by atoms with van der Waals surface area (Å²) in [5, 5.41) is 0. The first kappa shape index (κ1) is 12.9. The minimum atomic E-state index is 0.406. The first-order valence-corrected chi connectivity index (χ1v) is 6.11. The van der Waals surface area contributed by atoms with Gasteiger partial charge in [0, 0.05) is 13.7 Å². The van der Waals surface area contributed by atoms with Crippen LogP contribution in [0.15, 0.2) is 0 Å². The van der Waals surface area contributed by atoms with E-state index < -0.39 is 0 Å². The van der Waals surface area contributed by atoms with Gasteiger partial charge >= 0.3 is 0 Å². The van der Waals surface area contributed by atoms with Crippen LogP contribution in [-0.2, 0) is 4.74 Å². The predicted molar refractivity (Wildman–Crippen MR) is 63.9 cm³/mol. The van der Waals surface area contributed by atoms with Gasteiger partial charge in [-0.15, -0.1) is 0 Å². The Hall–Kier alpha value is -0.120. The molecule has 0 aromatic rings. The monoisotopic (exact) mass is 214 g/mol. The summed E-state index contributed by atoms with van der Waals surface area (Å²) in [5.41, 5.74) is 6.19. The van der Waals surface area contributed by atoms with Gasteiger partial charge in [0.05, 0.1) is 0 Å². The van der Waals surface area contributed by atoms with Crippen molar-refractivity contribution in [3.63, 3.8) is 0 Å². The Kier molecular flexibility index (Phi) is 5.58. The van der Waals surface area contributed by atoms with Crippen molar-refractivity contribution in [2.24, 2.45) is 11.1 Å². The van der Waals surface area contributed by atoms with E-state index in [1.807, 2.05) is 0 Å². The summed E-state index contributed by atoms with van der Waals surface area (Å²) in [6.07, 6.45) is 4.95. The minimum Gasteiger partial charge on any atom is -0.385 e. The fraction of sp³-hybridized carbons (Fsp3) is 1.00. The molecule has 1 aliphatic heterocycles. The molecule has 0 radical (unpaired) electrons. The van der Waals surface area contributed by atoms with Gasteiger partial charge < -0.3 is 15.4 Å². The molecule has 0 atom stereocenters. The van der Waals surface area contributed by atoms with E-state index in [4.69, 9.17) is 10.5 Å². The number of nitrogens with zero attached hydrogens (tertiary/aromatic N) is 1. The van der Waals surface area contributed by atoms with Crippen molar-refractivity contribution in [2.75, 3.05) is 39.9 Å². The predicted octanol–water partition coefficient (Wildman–Crippen LogP) is 1.47. The molecule has 1 heterocycles. The quantitative estimate of drug-likeness (QED) is 0.681. The highest BCUT2D eigenvalue weighted by Crippen LogP contribution is 2.29. The van der Waals surface area contributed by atoms with Gasteiger partial charge in [-0.3, -0.25) is 0 Å². The lowest BCUT2D eigenvalue weighted by Gasteiger charge is -2.38. The van der Waals surface area contributed by atoms with Crippen LogP contribution in [-0.4, -0.2) is 44.8 Å². The highest BCUT2D eigenvalue weighted by Gasteiger charge is 2.27. The normalized spacial score (nSPS) is 21.8. The van der Waals surface area contributed by atoms with Crippen molar-refractivity contribution in [1.29, 1.82) is 0 Å². The molecule has 0 unspecified atom stereocenters. The van der Waals surface area contributed by atoms with Crippen LogP contribution in [0.4, 0.5) is 0 Å². The van der Waals surface area contributed by atoms with Crippen LogP contribution in [0.5, 0.6) is 0 Å². The number of rotatable bonds is 6. The highest BCUT2D eigenvalue weighted by atomic mass is 16.5. The third kappa shape index (κ3) is 4.49. The molecule has 3 nitrogen and oxygen atoms in total. The van der Waals surface area contributed by atoms with E-state index in [1.165, 1.54) is 45.3 Å². The highest BCUT2D eigenvalue weighted by molar-refractivity contribution is 4.82. The third-order valence-corrected chi connectivity index (χ3v) is 3.63. The first-order valence-electron chi connectivity index (χ1n) is 6.11. The van der Waals surface area contributed by atoms with Crippen LogP contribution in [0, 0.1) is 5.41 Å². The molecule has 0 aliphatic carbocycles. The lowest BCUT2D eigenvalue weighted by Crippen LogP contribution is -2.42. The second-order valence-corrected chi connectivity index (χ2v) is 5.06. The van der Waals surface area contributed by atoms with Crippen molar-refractivity contribution in [1.82, 2.24) is 4.90 Å². The van der Waals surface area contributed by atoms with E-state index >= 15 is 0 Å². The van der Waals surface area contributed by atoms with Gasteiger partial charge in [-0.2, -0.15) is 0 Å². The number of ether oxygens (including phenoxy) is 1. The number of hydrogen-bond donors (Lipinski definition) is 1. The summed E-state index contributed by atoms with van der Waals surface area (Å²) in [5.74, 6) is 0. The van der Waals surface area contributed by atoms with Gasteiger partial charge in [-0.25, -0.2) is 0 Å². The molecule has 15 heavy (non-hydrogen) atoms. The molecule has 1 fully saturated rings. The van der Waals surface area contributed by atoms with E-state index in [0.29, 0.717) is 5.41 Å². The van der Waals surface area contributed by atoms with Crippen molar-refractivity contribution >= 4 is 0 Å². The van der Waals surface area contributed by atoms with E-state index in [2.05, 4.69) is 11.8 Å². The number of nitrogens with two attached hydrogens (primary N) is 1. The van der Waals surface area contributed by atoms with Crippen molar-refractivity contribution < 1.29 is 4.74 Å². The van der Waals surface area contributed by atoms with Gasteiger partial charge in [0.1, 0.15) is 0 Å². The average molecular weight is 214 g/mol. The Morgan fingerprint density at radius 2 is 1.93 bits per heavy atom. The zero-order chi connectivity index (χ0) is 11.1. The molecular formula is C12H26N2O. The summed E-state index contributed by atoms with van der Waals surface area (Å²) in [7, 11) is 1.77.